The molecule has 0 spiro atoms. The van der Waals surface area contributed by atoms with E-state index in [0.717, 1.165) is 92.3 Å². The molecule has 1 amide bonds. The smallest absolute Gasteiger partial charge is 0.256 e. The van der Waals surface area contributed by atoms with Gasteiger partial charge >= 0.3 is 0 Å². The summed E-state index contributed by atoms with van der Waals surface area (Å²) >= 11 is 0. The van der Waals surface area contributed by atoms with Crippen LogP contribution in [0.15, 0.2) is 78.9 Å². The third-order valence-electron chi connectivity index (χ3n) is 9.11. The predicted octanol–water partition coefficient (Wildman–Crippen LogP) is 5.58. The fraction of sp³-hybridized carbons (Fsp3) is 0.353. The molecule has 7 rings (SSSR count). The Morgan fingerprint density at radius 3 is 2.22 bits per heavy atom. The average Bonchev–Trinajstić information content (AvgIpc) is 3.53. The van der Waals surface area contributed by atoms with Crippen LogP contribution in [0.2, 0.25) is 0 Å². The molecular formula is C34H38N6O. The van der Waals surface area contributed by atoms with Gasteiger partial charge in [0.05, 0.1) is 16.6 Å². The fourth-order valence-corrected chi connectivity index (χ4v) is 6.78. The molecule has 0 aliphatic carbocycles. The van der Waals surface area contributed by atoms with Gasteiger partial charge in [0.2, 0.25) is 5.95 Å². The molecule has 0 atom stereocenters. The highest BCUT2D eigenvalue weighted by atomic mass is 16.2. The Morgan fingerprint density at radius 1 is 0.805 bits per heavy atom. The first-order valence-electron chi connectivity index (χ1n) is 14.9. The molecule has 2 aliphatic heterocycles. The predicted molar refractivity (Wildman–Crippen MR) is 166 cm³/mol. The Balaban J connectivity index is 1.15. The number of aromatic nitrogens is 3. The number of piperazine rings is 1. The maximum atomic E-state index is 14.1. The highest BCUT2D eigenvalue weighted by Gasteiger charge is 2.31. The van der Waals surface area contributed by atoms with E-state index in [9.17, 15) is 4.79 Å². The van der Waals surface area contributed by atoms with Crippen molar-refractivity contribution in [3.05, 3.63) is 95.7 Å². The van der Waals surface area contributed by atoms with Crippen molar-refractivity contribution in [1.82, 2.24) is 23.9 Å². The van der Waals surface area contributed by atoms with E-state index < -0.39 is 0 Å². The van der Waals surface area contributed by atoms with Crippen LogP contribution in [-0.2, 0) is 6.54 Å². The minimum absolute atomic E-state index is 0.152. The second-order valence-corrected chi connectivity index (χ2v) is 11.6. The average molecular weight is 547 g/mol. The summed E-state index contributed by atoms with van der Waals surface area (Å²) in [7, 11) is 2.19. The first kappa shape index (κ1) is 25.8. The normalized spacial score (nSPS) is 17.1. The molecule has 0 unspecified atom stereocenters. The zero-order valence-corrected chi connectivity index (χ0v) is 24.0. The van der Waals surface area contributed by atoms with Gasteiger partial charge in [0, 0.05) is 68.5 Å². The van der Waals surface area contributed by atoms with E-state index in [2.05, 4.69) is 105 Å². The van der Waals surface area contributed by atoms with Crippen molar-refractivity contribution in [2.45, 2.75) is 32.4 Å². The number of hydrogen-bond acceptors (Lipinski definition) is 4. The standard InChI is InChI=1S/C34H38N6O/c1-25-32(28-12-6-8-14-30(28)39(25)24-26-10-4-3-5-11-26)33(41)37-18-16-27(17-19-37)40-31-15-9-7-13-29(31)35-34(40)38-22-20-36(2)21-23-38/h3-15,27H,16-24H2,1-2H3. The third-order valence-corrected chi connectivity index (χ3v) is 9.11. The third kappa shape index (κ3) is 4.68. The highest BCUT2D eigenvalue weighted by molar-refractivity contribution is 6.08. The summed E-state index contributed by atoms with van der Waals surface area (Å²) in [6.45, 7) is 8.42. The van der Waals surface area contributed by atoms with Crippen molar-refractivity contribution in [1.29, 1.82) is 0 Å². The quantitative estimate of drug-likeness (QED) is 0.289. The van der Waals surface area contributed by atoms with E-state index in [-0.39, 0.29) is 5.91 Å². The Kier molecular flexibility index (Phi) is 6.75. The zero-order chi connectivity index (χ0) is 27.9. The maximum absolute atomic E-state index is 14.1. The SMILES string of the molecule is Cc1c(C(=O)N2CCC(n3c(N4CCN(C)CC4)nc4ccccc43)CC2)c2ccccc2n1Cc1ccccc1. The molecule has 2 aromatic heterocycles. The van der Waals surface area contributed by atoms with Crippen molar-refractivity contribution in [2.75, 3.05) is 51.2 Å². The van der Waals surface area contributed by atoms with Gasteiger partial charge in [-0.1, -0.05) is 60.7 Å². The summed E-state index contributed by atoms with van der Waals surface area (Å²) < 4.78 is 4.77. The number of imidazole rings is 1. The van der Waals surface area contributed by atoms with Gasteiger partial charge in [-0.25, -0.2) is 4.98 Å². The van der Waals surface area contributed by atoms with Crippen LogP contribution in [0.1, 0.15) is 40.5 Å². The number of likely N-dealkylation sites (N-methyl/N-ethyl adjacent to an activating group) is 1. The number of hydrogen-bond donors (Lipinski definition) is 0. The maximum Gasteiger partial charge on any atom is 0.256 e. The second-order valence-electron chi connectivity index (χ2n) is 11.6. The number of piperidine rings is 1. The summed E-state index contributed by atoms with van der Waals surface area (Å²) in [5, 5.41) is 1.05. The number of amides is 1. The Hall–Kier alpha value is -4.10. The first-order valence-corrected chi connectivity index (χ1v) is 14.9. The van der Waals surface area contributed by atoms with E-state index in [1.165, 1.54) is 11.1 Å². The van der Waals surface area contributed by atoms with Crippen molar-refractivity contribution >= 4 is 33.8 Å². The van der Waals surface area contributed by atoms with Crippen molar-refractivity contribution < 1.29 is 4.79 Å². The summed E-state index contributed by atoms with van der Waals surface area (Å²) in [5.74, 6) is 1.24. The molecule has 210 valence electrons. The van der Waals surface area contributed by atoms with Crippen LogP contribution in [0.25, 0.3) is 21.9 Å². The lowest BCUT2D eigenvalue weighted by Gasteiger charge is -2.37. The molecule has 4 heterocycles. The van der Waals surface area contributed by atoms with Crippen LogP contribution in [0.3, 0.4) is 0 Å². The molecule has 7 heteroatoms. The van der Waals surface area contributed by atoms with Gasteiger partial charge < -0.3 is 23.8 Å². The van der Waals surface area contributed by atoms with Crippen molar-refractivity contribution in [2.24, 2.45) is 0 Å². The molecule has 0 saturated carbocycles. The monoisotopic (exact) mass is 546 g/mol. The fourth-order valence-electron chi connectivity index (χ4n) is 6.78. The van der Waals surface area contributed by atoms with E-state index >= 15 is 0 Å². The van der Waals surface area contributed by atoms with Crippen LogP contribution in [0, 0.1) is 6.92 Å². The summed E-state index contributed by atoms with van der Waals surface area (Å²) in [6.07, 6.45) is 1.85. The number of likely N-dealkylation sites (tertiary alicyclic amines) is 1. The summed E-state index contributed by atoms with van der Waals surface area (Å²) in [6, 6.07) is 27.7. The van der Waals surface area contributed by atoms with E-state index in [4.69, 9.17) is 4.98 Å². The molecule has 3 aromatic carbocycles. The minimum Gasteiger partial charge on any atom is -0.340 e. The minimum atomic E-state index is 0.152. The van der Waals surface area contributed by atoms with Gasteiger partial charge in [-0.3, -0.25) is 4.79 Å². The van der Waals surface area contributed by atoms with E-state index in [1.807, 2.05) is 12.1 Å². The number of carbonyl (C=O) groups is 1. The molecule has 2 fully saturated rings. The largest absolute Gasteiger partial charge is 0.340 e. The topological polar surface area (TPSA) is 49.5 Å². The number of nitrogens with zero attached hydrogens (tertiary/aromatic N) is 6. The van der Waals surface area contributed by atoms with Gasteiger partial charge in [0.25, 0.3) is 5.91 Å². The lowest BCUT2D eigenvalue weighted by Crippen LogP contribution is -2.46. The van der Waals surface area contributed by atoms with Crippen molar-refractivity contribution in [3.8, 4) is 0 Å². The van der Waals surface area contributed by atoms with Gasteiger partial charge in [-0.05, 0) is 50.6 Å². The summed E-state index contributed by atoms with van der Waals surface area (Å²) in [5.41, 5.74) is 6.50. The van der Waals surface area contributed by atoms with Crippen LogP contribution < -0.4 is 4.90 Å². The molecule has 0 radical (unpaired) electrons. The highest BCUT2D eigenvalue weighted by Crippen LogP contribution is 2.35. The number of rotatable bonds is 5. The number of fused-ring (bicyclic) bond motifs is 2. The molecule has 2 saturated heterocycles. The van der Waals surface area contributed by atoms with E-state index in [0.29, 0.717) is 6.04 Å². The van der Waals surface area contributed by atoms with Crippen LogP contribution in [0.4, 0.5) is 5.95 Å². The molecule has 7 nitrogen and oxygen atoms in total. The number of para-hydroxylation sites is 3. The molecule has 0 N–H and O–H groups in total. The molecule has 41 heavy (non-hydrogen) atoms. The Morgan fingerprint density at radius 2 is 1.46 bits per heavy atom. The lowest BCUT2D eigenvalue weighted by atomic mass is 10.0. The van der Waals surface area contributed by atoms with Crippen molar-refractivity contribution in [3.63, 3.8) is 0 Å². The molecular weight excluding hydrogens is 508 g/mol. The van der Waals surface area contributed by atoms with Gasteiger partial charge in [-0.2, -0.15) is 0 Å². The second kappa shape index (κ2) is 10.7. The van der Waals surface area contributed by atoms with Crippen LogP contribution in [-0.4, -0.2) is 76.1 Å². The zero-order valence-electron chi connectivity index (χ0n) is 24.0. The number of anilines is 1. The molecule has 2 aliphatic rings. The van der Waals surface area contributed by atoms with Gasteiger partial charge in [-0.15, -0.1) is 0 Å². The van der Waals surface area contributed by atoms with Gasteiger partial charge in [0.1, 0.15) is 0 Å². The first-order chi connectivity index (χ1) is 20.1. The number of carbonyl (C=O) groups excluding carboxylic acids is 1. The molecule has 0 bridgehead atoms. The van der Waals surface area contributed by atoms with E-state index in [1.54, 1.807) is 0 Å². The Labute approximate surface area is 241 Å². The number of benzene rings is 3. The summed E-state index contributed by atoms with van der Waals surface area (Å²) in [4.78, 5) is 26.1. The lowest BCUT2D eigenvalue weighted by molar-refractivity contribution is 0.0697. The van der Waals surface area contributed by atoms with Gasteiger partial charge in [0.15, 0.2) is 0 Å². The van der Waals surface area contributed by atoms with Crippen LogP contribution >= 0.6 is 0 Å². The molecule has 5 aromatic rings. The Bertz CT molecular complexity index is 1690. The van der Waals surface area contributed by atoms with Crippen LogP contribution in [0.5, 0.6) is 0 Å².